The van der Waals surface area contributed by atoms with E-state index in [0.717, 1.165) is 26.2 Å². The smallest absolute Gasteiger partial charge is 0.0678 e. The van der Waals surface area contributed by atoms with E-state index in [-0.39, 0.29) is 0 Å². The highest BCUT2D eigenvalue weighted by molar-refractivity contribution is 4.74. The van der Waals surface area contributed by atoms with Crippen molar-refractivity contribution in [3.05, 3.63) is 0 Å². The molecule has 0 aromatic rings. The lowest BCUT2D eigenvalue weighted by Gasteiger charge is -2.35. The van der Waals surface area contributed by atoms with Crippen molar-refractivity contribution in [3.8, 4) is 0 Å². The minimum Gasteiger partial charge on any atom is -0.373 e. The van der Waals surface area contributed by atoms with Crippen LogP contribution in [0, 0.1) is 0 Å². The monoisotopic (exact) mass is 228 g/mol. The molecule has 3 heteroatoms. The van der Waals surface area contributed by atoms with Crippen molar-refractivity contribution in [1.82, 2.24) is 10.2 Å². The lowest BCUT2D eigenvalue weighted by molar-refractivity contribution is -0.0675. The lowest BCUT2D eigenvalue weighted by atomic mass is 10.2. The predicted octanol–water partition coefficient (Wildman–Crippen LogP) is 1.87. The summed E-state index contributed by atoms with van der Waals surface area (Å²) < 4.78 is 5.72. The van der Waals surface area contributed by atoms with E-state index in [1.165, 1.54) is 12.8 Å². The van der Waals surface area contributed by atoms with Gasteiger partial charge in [0.05, 0.1) is 12.2 Å². The Hall–Kier alpha value is -0.120. The maximum Gasteiger partial charge on any atom is 0.0678 e. The van der Waals surface area contributed by atoms with Gasteiger partial charge in [0.1, 0.15) is 0 Å². The van der Waals surface area contributed by atoms with Gasteiger partial charge >= 0.3 is 0 Å². The Balaban J connectivity index is 2.12. The topological polar surface area (TPSA) is 24.5 Å². The Morgan fingerprint density at radius 1 is 1.31 bits per heavy atom. The first kappa shape index (κ1) is 13.9. The molecule has 16 heavy (non-hydrogen) atoms. The molecule has 0 aliphatic carbocycles. The fourth-order valence-corrected chi connectivity index (χ4v) is 2.47. The molecule has 0 saturated carbocycles. The Bertz CT molecular complexity index is 177. The van der Waals surface area contributed by atoms with Crippen LogP contribution in [0.5, 0.6) is 0 Å². The van der Waals surface area contributed by atoms with Gasteiger partial charge in [0, 0.05) is 32.2 Å². The quantitative estimate of drug-likeness (QED) is 0.751. The van der Waals surface area contributed by atoms with Crippen LogP contribution in [0.4, 0.5) is 0 Å². The molecular formula is C13H28N2O. The Labute approximate surface area is 101 Å². The molecule has 0 aromatic heterocycles. The summed E-state index contributed by atoms with van der Waals surface area (Å²) in [7, 11) is 0. The van der Waals surface area contributed by atoms with Crippen LogP contribution in [0.15, 0.2) is 0 Å². The molecule has 3 nitrogen and oxygen atoms in total. The number of rotatable bonds is 6. The molecule has 3 unspecified atom stereocenters. The van der Waals surface area contributed by atoms with Crippen LogP contribution in [0.2, 0.25) is 0 Å². The van der Waals surface area contributed by atoms with E-state index in [0.29, 0.717) is 18.2 Å². The molecule has 1 N–H and O–H groups in total. The molecule has 1 rings (SSSR count). The van der Waals surface area contributed by atoms with Crippen LogP contribution in [0.25, 0.3) is 0 Å². The fourth-order valence-electron chi connectivity index (χ4n) is 2.47. The third-order valence-electron chi connectivity index (χ3n) is 3.14. The summed E-state index contributed by atoms with van der Waals surface area (Å²) in [5.41, 5.74) is 0. The molecular weight excluding hydrogens is 200 g/mol. The molecule has 1 aliphatic heterocycles. The number of nitrogens with one attached hydrogen (secondary N) is 1. The maximum atomic E-state index is 5.72. The highest BCUT2D eigenvalue weighted by atomic mass is 16.5. The Morgan fingerprint density at radius 2 is 1.94 bits per heavy atom. The molecule has 0 spiro atoms. The Morgan fingerprint density at radius 3 is 2.50 bits per heavy atom. The summed E-state index contributed by atoms with van der Waals surface area (Å²) in [6.45, 7) is 13.2. The molecule has 1 saturated heterocycles. The second-order valence-corrected chi connectivity index (χ2v) is 5.16. The average molecular weight is 228 g/mol. The van der Waals surface area contributed by atoms with E-state index in [1.54, 1.807) is 0 Å². The predicted molar refractivity (Wildman–Crippen MR) is 68.8 cm³/mol. The standard InChI is InChI=1S/C13H28N2O/c1-5-6-11(2)14-7-8-15-9-12(3)16-13(4)10-15/h11-14H,5-10H2,1-4H3. The van der Waals surface area contributed by atoms with Crippen LogP contribution in [-0.2, 0) is 4.74 Å². The van der Waals surface area contributed by atoms with Crippen molar-refractivity contribution in [2.75, 3.05) is 26.2 Å². The van der Waals surface area contributed by atoms with Gasteiger partial charge in [-0.1, -0.05) is 13.3 Å². The third kappa shape index (κ3) is 5.28. The van der Waals surface area contributed by atoms with Crippen LogP contribution in [-0.4, -0.2) is 49.3 Å². The maximum absolute atomic E-state index is 5.72. The summed E-state index contributed by atoms with van der Waals surface area (Å²) >= 11 is 0. The van der Waals surface area contributed by atoms with Crippen molar-refractivity contribution >= 4 is 0 Å². The number of nitrogens with zero attached hydrogens (tertiary/aromatic N) is 1. The molecule has 0 radical (unpaired) electrons. The van der Waals surface area contributed by atoms with Crippen molar-refractivity contribution in [2.24, 2.45) is 0 Å². The molecule has 1 fully saturated rings. The summed E-state index contributed by atoms with van der Waals surface area (Å²) in [5.74, 6) is 0. The first-order valence-corrected chi connectivity index (χ1v) is 6.73. The molecule has 0 aromatic carbocycles. The van der Waals surface area contributed by atoms with Gasteiger partial charge in [0.2, 0.25) is 0 Å². The molecule has 1 heterocycles. The third-order valence-corrected chi connectivity index (χ3v) is 3.14. The zero-order chi connectivity index (χ0) is 12.0. The first-order valence-electron chi connectivity index (χ1n) is 6.73. The van der Waals surface area contributed by atoms with Gasteiger partial charge in [-0.2, -0.15) is 0 Å². The normalized spacial score (nSPS) is 29.2. The van der Waals surface area contributed by atoms with Crippen LogP contribution >= 0.6 is 0 Å². The van der Waals surface area contributed by atoms with E-state index in [2.05, 4.69) is 37.9 Å². The van der Waals surface area contributed by atoms with Gasteiger partial charge in [-0.3, -0.25) is 4.90 Å². The Kier molecular flexibility index (Phi) is 6.32. The fraction of sp³-hybridized carbons (Fsp3) is 1.00. The highest BCUT2D eigenvalue weighted by Crippen LogP contribution is 2.09. The average Bonchev–Trinajstić information content (AvgIpc) is 2.16. The van der Waals surface area contributed by atoms with Gasteiger partial charge in [-0.05, 0) is 27.2 Å². The largest absolute Gasteiger partial charge is 0.373 e. The molecule has 0 amide bonds. The van der Waals surface area contributed by atoms with Gasteiger partial charge in [-0.15, -0.1) is 0 Å². The van der Waals surface area contributed by atoms with Crippen LogP contribution < -0.4 is 5.32 Å². The van der Waals surface area contributed by atoms with E-state index >= 15 is 0 Å². The minimum absolute atomic E-state index is 0.386. The van der Waals surface area contributed by atoms with Crippen molar-refractivity contribution in [1.29, 1.82) is 0 Å². The number of morpholine rings is 1. The SMILES string of the molecule is CCCC(C)NCCN1CC(C)OC(C)C1. The van der Waals surface area contributed by atoms with E-state index in [9.17, 15) is 0 Å². The van der Waals surface area contributed by atoms with Gasteiger partial charge in [0.25, 0.3) is 0 Å². The zero-order valence-electron chi connectivity index (χ0n) is 11.3. The highest BCUT2D eigenvalue weighted by Gasteiger charge is 2.21. The summed E-state index contributed by atoms with van der Waals surface area (Å²) in [6, 6.07) is 0.654. The molecule has 0 bridgehead atoms. The summed E-state index contributed by atoms with van der Waals surface area (Å²) in [5, 5.41) is 3.58. The number of hydrogen-bond donors (Lipinski definition) is 1. The minimum atomic E-state index is 0.386. The molecule has 1 aliphatic rings. The van der Waals surface area contributed by atoms with Gasteiger partial charge in [-0.25, -0.2) is 0 Å². The second-order valence-electron chi connectivity index (χ2n) is 5.16. The molecule has 3 atom stereocenters. The van der Waals surface area contributed by atoms with Crippen molar-refractivity contribution in [2.45, 2.75) is 58.8 Å². The van der Waals surface area contributed by atoms with Gasteiger partial charge in [0.15, 0.2) is 0 Å². The zero-order valence-corrected chi connectivity index (χ0v) is 11.3. The second kappa shape index (κ2) is 7.25. The summed E-state index contributed by atoms with van der Waals surface area (Å²) in [6.07, 6.45) is 3.31. The van der Waals surface area contributed by atoms with E-state index < -0.39 is 0 Å². The van der Waals surface area contributed by atoms with Crippen molar-refractivity contribution in [3.63, 3.8) is 0 Å². The van der Waals surface area contributed by atoms with Gasteiger partial charge < -0.3 is 10.1 Å². The van der Waals surface area contributed by atoms with Crippen LogP contribution in [0.1, 0.15) is 40.5 Å². The van der Waals surface area contributed by atoms with Crippen molar-refractivity contribution < 1.29 is 4.74 Å². The first-order chi connectivity index (χ1) is 7.61. The van der Waals surface area contributed by atoms with E-state index in [1.807, 2.05) is 0 Å². The number of hydrogen-bond acceptors (Lipinski definition) is 3. The van der Waals surface area contributed by atoms with Crippen LogP contribution in [0.3, 0.4) is 0 Å². The number of ether oxygens (including phenoxy) is 1. The molecule has 96 valence electrons. The lowest BCUT2D eigenvalue weighted by Crippen LogP contribution is -2.48. The van der Waals surface area contributed by atoms with E-state index in [4.69, 9.17) is 4.74 Å². The summed E-state index contributed by atoms with van der Waals surface area (Å²) in [4.78, 5) is 2.50.